The van der Waals surface area contributed by atoms with Crippen LogP contribution in [0.2, 0.25) is 0 Å². The summed E-state index contributed by atoms with van der Waals surface area (Å²) in [5.41, 5.74) is -0.286. The summed E-state index contributed by atoms with van der Waals surface area (Å²) in [6.07, 6.45) is 3.32. The summed E-state index contributed by atoms with van der Waals surface area (Å²) < 4.78 is 0. The van der Waals surface area contributed by atoms with Crippen molar-refractivity contribution in [2.24, 2.45) is 5.92 Å². The predicted molar refractivity (Wildman–Crippen MR) is 80.0 cm³/mol. The smallest absolute Gasteiger partial charge is 0.340 e. The van der Waals surface area contributed by atoms with Gasteiger partial charge in [-0.25, -0.2) is 9.89 Å². The van der Waals surface area contributed by atoms with Crippen molar-refractivity contribution < 1.29 is 4.79 Å². The van der Waals surface area contributed by atoms with E-state index in [0.717, 1.165) is 32.4 Å². The van der Waals surface area contributed by atoms with E-state index in [1.165, 1.54) is 0 Å². The molecule has 0 atom stereocenters. The third kappa shape index (κ3) is 4.70. The third-order valence-corrected chi connectivity index (χ3v) is 4.07. The van der Waals surface area contributed by atoms with Gasteiger partial charge in [0.2, 0.25) is 5.91 Å². The Labute approximate surface area is 124 Å². The van der Waals surface area contributed by atoms with Gasteiger partial charge in [-0.3, -0.25) is 9.78 Å². The molecule has 1 fully saturated rings. The van der Waals surface area contributed by atoms with Crippen LogP contribution < -0.4 is 11.0 Å². The van der Waals surface area contributed by atoms with E-state index in [1.54, 1.807) is 0 Å². The maximum atomic E-state index is 12.1. The van der Waals surface area contributed by atoms with Crippen LogP contribution in [0.25, 0.3) is 0 Å². The van der Waals surface area contributed by atoms with E-state index in [-0.39, 0.29) is 17.5 Å². The van der Waals surface area contributed by atoms with Crippen LogP contribution in [-0.4, -0.2) is 51.7 Å². The number of hydrogen-bond donors (Lipinski definition) is 3. The minimum atomic E-state index is -0.286. The van der Waals surface area contributed by atoms with Crippen LogP contribution in [0.5, 0.6) is 0 Å². The van der Waals surface area contributed by atoms with Gasteiger partial charge in [0.1, 0.15) is 5.82 Å². The van der Waals surface area contributed by atoms with Gasteiger partial charge in [0, 0.05) is 24.9 Å². The normalized spacial score (nSPS) is 17.3. The summed E-state index contributed by atoms with van der Waals surface area (Å²) in [6.45, 7) is 7.02. The summed E-state index contributed by atoms with van der Waals surface area (Å²) >= 11 is 0. The summed E-state index contributed by atoms with van der Waals surface area (Å²) in [5.74, 6) is 0.943. The topological polar surface area (TPSA) is 93.9 Å². The molecular weight excluding hydrogens is 270 g/mol. The molecule has 7 heteroatoms. The van der Waals surface area contributed by atoms with Crippen molar-refractivity contribution in [3.63, 3.8) is 0 Å². The number of nitrogens with zero attached hydrogens (tertiary/aromatic N) is 2. The van der Waals surface area contributed by atoms with Crippen molar-refractivity contribution in [1.29, 1.82) is 0 Å². The highest BCUT2D eigenvalue weighted by atomic mass is 16.2. The van der Waals surface area contributed by atoms with Crippen LogP contribution in [0.15, 0.2) is 4.79 Å². The van der Waals surface area contributed by atoms with Crippen molar-refractivity contribution in [2.75, 3.05) is 19.6 Å². The highest BCUT2D eigenvalue weighted by molar-refractivity contribution is 5.78. The molecule has 3 N–H and O–H groups in total. The highest BCUT2D eigenvalue weighted by Gasteiger charge is 2.25. The number of amides is 1. The number of carbonyl (C=O) groups is 1. The predicted octanol–water partition coefficient (Wildman–Crippen LogP) is 0.267. The minimum absolute atomic E-state index is 0.144. The molecule has 1 amide bonds. The zero-order valence-electron chi connectivity index (χ0n) is 12.8. The number of aryl methyl sites for hydroxylation is 1. The van der Waals surface area contributed by atoms with E-state index in [9.17, 15) is 9.59 Å². The van der Waals surface area contributed by atoms with Gasteiger partial charge in [-0.1, -0.05) is 0 Å². The quantitative estimate of drug-likeness (QED) is 0.657. The molecule has 1 aliphatic rings. The number of likely N-dealkylation sites (tertiary alicyclic amines) is 1. The Kier molecular flexibility index (Phi) is 5.55. The number of aromatic amines is 2. The number of hydrogen-bond acceptors (Lipinski definition) is 4. The fourth-order valence-electron chi connectivity index (χ4n) is 2.71. The number of piperidine rings is 1. The van der Waals surface area contributed by atoms with Gasteiger partial charge in [0.25, 0.3) is 0 Å². The van der Waals surface area contributed by atoms with Gasteiger partial charge >= 0.3 is 5.69 Å². The van der Waals surface area contributed by atoms with Gasteiger partial charge < -0.3 is 10.2 Å². The second-order valence-corrected chi connectivity index (χ2v) is 5.92. The average Bonchev–Trinajstić information content (AvgIpc) is 2.89. The molecular formula is C14H25N5O2. The van der Waals surface area contributed by atoms with E-state index in [2.05, 4.69) is 39.2 Å². The molecule has 21 heavy (non-hydrogen) atoms. The summed E-state index contributed by atoms with van der Waals surface area (Å²) in [4.78, 5) is 28.0. The lowest BCUT2D eigenvalue weighted by Gasteiger charge is -2.33. The Morgan fingerprint density at radius 1 is 1.43 bits per heavy atom. The van der Waals surface area contributed by atoms with E-state index in [4.69, 9.17) is 0 Å². The van der Waals surface area contributed by atoms with Gasteiger partial charge in [-0.05, 0) is 46.2 Å². The first kappa shape index (κ1) is 15.8. The van der Waals surface area contributed by atoms with E-state index in [1.807, 2.05) is 0 Å². The molecule has 0 spiro atoms. The summed E-state index contributed by atoms with van der Waals surface area (Å²) in [6, 6.07) is 0.560. The largest absolute Gasteiger partial charge is 0.356 e. The molecule has 1 saturated heterocycles. The molecule has 2 heterocycles. The molecule has 7 nitrogen and oxygen atoms in total. The van der Waals surface area contributed by atoms with Gasteiger partial charge in [-0.2, -0.15) is 5.10 Å². The Balaban J connectivity index is 1.63. The molecule has 0 aliphatic carbocycles. The number of aromatic nitrogens is 3. The minimum Gasteiger partial charge on any atom is -0.356 e. The van der Waals surface area contributed by atoms with Crippen molar-refractivity contribution in [3.05, 3.63) is 16.3 Å². The third-order valence-electron chi connectivity index (χ3n) is 4.07. The Hall–Kier alpha value is -1.63. The van der Waals surface area contributed by atoms with Crippen molar-refractivity contribution in [3.8, 4) is 0 Å². The van der Waals surface area contributed by atoms with Crippen molar-refractivity contribution >= 4 is 5.91 Å². The maximum absolute atomic E-state index is 12.1. The Bertz CT molecular complexity index is 499. The molecule has 0 unspecified atom stereocenters. The Morgan fingerprint density at radius 3 is 2.71 bits per heavy atom. The molecule has 1 aromatic rings. The maximum Gasteiger partial charge on any atom is 0.340 e. The van der Waals surface area contributed by atoms with Gasteiger partial charge in [0.15, 0.2) is 0 Å². The molecule has 0 saturated carbocycles. The van der Waals surface area contributed by atoms with Crippen LogP contribution in [0.1, 0.15) is 38.9 Å². The van der Waals surface area contributed by atoms with E-state index < -0.39 is 0 Å². The molecule has 2 rings (SSSR count). The molecule has 0 aromatic carbocycles. The standard InChI is InChI=1S/C14H25N5O2/c1-10(2)19-8-5-11(6-9-19)13(20)15-7-3-4-12-16-14(21)18-17-12/h10-11H,3-9H2,1-2H3,(H,15,20)(H2,16,17,18,21). The lowest BCUT2D eigenvalue weighted by molar-refractivity contribution is -0.126. The molecule has 0 radical (unpaired) electrons. The van der Waals surface area contributed by atoms with Crippen LogP contribution in [0, 0.1) is 5.92 Å². The lowest BCUT2D eigenvalue weighted by atomic mass is 9.95. The van der Waals surface area contributed by atoms with Crippen LogP contribution >= 0.6 is 0 Å². The molecule has 0 bridgehead atoms. The lowest BCUT2D eigenvalue weighted by Crippen LogP contribution is -2.43. The fraction of sp³-hybridized carbons (Fsp3) is 0.786. The fourth-order valence-corrected chi connectivity index (χ4v) is 2.71. The van der Waals surface area contributed by atoms with Gasteiger partial charge in [0.05, 0.1) is 0 Å². The van der Waals surface area contributed by atoms with Crippen molar-refractivity contribution in [1.82, 2.24) is 25.4 Å². The second-order valence-electron chi connectivity index (χ2n) is 5.92. The first-order valence-corrected chi connectivity index (χ1v) is 7.71. The zero-order valence-corrected chi connectivity index (χ0v) is 12.8. The number of rotatable bonds is 6. The zero-order chi connectivity index (χ0) is 15.2. The van der Waals surface area contributed by atoms with Crippen molar-refractivity contribution in [2.45, 2.75) is 45.6 Å². The average molecular weight is 295 g/mol. The summed E-state index contributed by atoms with van der Waals surface area (Å²) in [7, 11) is 0. The molecule has 1 aliphatic heterocycles. The molecule has 1 aromatic heterocycles. The van der Waals surface area contributed by atoms with E-state index in [0.29, 0.717) is 24.8 Å². The monoisotopic (exact) mass is 295 g/mol. The molecule has 118 valence electrons. The number of H-pyrrole nitrogens is 2. The van der Waals surface area contributed by atoms with Crippen LogP contribution in [-0.2, 0) is 11.2 Å². The van der Waals surface area contributed by atoms with Gasteiger partial charge in [-0.15, -0.1) is 0 Å². The highest BCUT2D eigenvalue weighted by Crippen LogP contribution is 2.18. The first-order chi connectivity index (χ1) is 10.1. The van der Waals surface area contributed by atoms with Crippen LogP contribution in [0.3, 0.4) is 0 Å². The Morgan fingerprint density at radius 2 is 2.14 bits per heavy atom. The summed E-state index contributed by atoms with van der Waals surface area (Å²) in [5, 5.41) is 9.15. The second kappa shape index (κ2) is 7.40. The first-order valence-electron chi connectivity index (χ1n) is 7.71. The van der Waals surface area contributed by atoms with E-state index >= 15 is 0 Å². The number of carbonyl (C=O) groups excluding carboxylic acids is 1. The number of nitrogens with one attached hydrogen (secondary N) is 3. The SMILES string of the molecule is CC(C)N1CCC(C(=O)NCCCc2n[nH]c(=O)[nH]2)CC1. The van der Waals surface area contributed by atoms with Crippen LogP contribution in [0.4, 0.5) is 0 Å².